The minimum Gasteiger partial charge on any atom is -0.383 e. The van der Waals surface area contributed by atoms with Crippen molar-refractivity contribution in [3.05, 3.63) is 70.3 Å². The number of amides is 2. The van der Waals surface area contributed by atoms with Crippen molar-refractivity contribution in [1.82, 2.24) is 15.1 Å². The van der Waals surface area contributed by atoms with Crippen LogP contribution < -0.4 is 16.8 Å². The number of anilines is 1. The second-order valence-corrected chi connectivity index (χ2v) is 7.46. The lowest BCUT2D eigenvalue weighted by Crippen LogP contribution is -2.24. The molecular formula is C22H23F2N5O2. The molecule has 0 atom stereocenters. The molecule has 0 aliphatic heterocycles. The van der Waals surface area contributed by atoms with E-state index in [1.165, 1.54) is 28.9 Å². The predicted octanol–water partition coefficient (Wildman–Crippen LogP) is 3.33. The number of primary amides is 1. The topological polar surface area (TPSA) is 116 Å². The van der Waals surface area contributed by atoms with Gasteiger partial charge in [0, 0.05) is 29.3 Å². The molecule has 0 saturated carbocycles. The Hall–Kier alpha value is -3.75. The van der Waals surface area contributed by atoms with Crippen LogP contribution in [0.4, 0.5) is 14.6 Å². The van der Waals surface area contributed by atoms with Crippen LogP contribution in [0.3, 0.4) is 0 Å². The largest absolute Gasteiger partial charge is 0.383 e. The average Bonchev–Trinajstić information content (AvgIpc) is 3.06. The second kappa shape index (κ2) is 8.55. The summed E-state index contributed by atoms with van der Waals surface area (Å²) in [6.45, 7) is 5.25. The number of hydrogen-bond donors (Lipinski definition) is 3. The highest BCUT2D eigenvalue weighted by Gasteiger charge is 2.23. The Morgan fingerprint density at radius 2 is 1.87 bits per heavy atom. The fraction of sp³-hybridized carbons (Fsp3) is 0.227. The van der Waals surface area contributed by atoms with Crippen LogP contribution in [0, 0.1) is 18.6 Å². The molecule has 0 aliphatic rings. The molecule has 1 aromatic heterocycles. The lowest BCUT2D eigenvalue weighted by molar-refractivity contribution is 0.0948. The number of aryl methyl sites for hydroxylation is 1. The summed E-state index contributed by atoms with van der Waals surface area (Å²) < 4.78 is 29.6. The average molecular weight is 427 g/mol. The van der Waals surface area contributed by atoms with E-state index < -0.39 is 23.4 Å². The monoisotopic (exact) mass is 427 g/mol. The van der Waals surface area contributed by atoms with Gasteiger partial charge in [-0.25, -0.2) is 13.5 Å². The number of carbonyl (C=O) groups excluding carboxylic acids is 2. The highest BCUT2D eigenvalue weighted by molar-refractivity contribution is 6.03. The van der Waals surface area contributed by atoms with Gasteiger partial charge < -0.3 is 16.8 Å². The van der Waals surface area contributed by atoms with Crippen LogP contribution in [0.1, 0.15) is 51.7 Å². The van der Waals surface area contributed by atoms with Crippen molar-refractivity contribution in [2.45, 2.75) is 33.4 Å². The zero-order chi connectivity index (χ0) is 22.9. The molecule has 3 rings (SSSR count). The molecule has 9 heteroatoms. The fourth-order valence-corrected chi connectivity index (χ4v) is 3.23. The molecule has 0 spiro atoms. The molecule has 0 radical (unpaired) electrons. The smallest absolute Gasteiger partial charge is 0.254 e. The quantitative estimate of drug-likeness (QED) is 0.559. The minimum atomic E-state index is -0.762. The molecule has 1 heterocycles. The molecule has 0 fully saturated rings. The first kappa shape index (κ1) is 21.9. The van der Waals surface area contributed by atoms with Gasteiger partial charge in [0.15, 0.2) is 0 Å². The zero-order valence-electron chi connectivity index (χ0n) is 17.4. The lowest BCUT2D eigenvalue weighted by Gasteiger charge is -2.10. The second-order valence-electron chi connectivity index (χ2n) is 7.46. The van der Waals surface area contributed by atoms with E-state index in [1.54, 1.807) is 13.0 Å². The first-order valence-electron chi connectivity index (χ1n) is 9.61. The Morgan fingerprint density at radius 1 is 1.16 bits per heavy atom. The van der Waals surface area contributed by atoms with Crippen molar-refractivity contribution in [3.8, 4) is 11.3 Å². The zero-order valence-corrected chi connectivity index (χ0v) is 17.4. The van der Waals surface area contributed by atoms with E-state index in [0.717, 1.165) is 6.07 Å². The number of nitrogens with one attached hydrogen (secondary N) is 1. The molecule has 0 aliphatic carbocycles. The third-order valence-electron chi connectivity index (χ3n) is 4.89. The van der Waals surface area contributed by atoms with E-state index >= 15 is 0 Å². The van der Waals surface area contributed by atoms with Crippen molar-refractivity contribution in [1.29, 1.82) is 0 Å². The molecule has 3 aromatic rings. The molecule has 31 heavy (non-hydrogen) atoms. The summed E-state index contributed by atoms with van der Waals surface area (Å²) in [6, 6.07) is 8.00. The number of aromatic nitrogens is 2. The van der Waals surface area contributed by atoms with Crippen LogP contribution in [0.2, 0.25) is 0 Å². The maximum Gasteiger partial charge on any atom is 0.254 e. The van der Waals surface area contributed by atoms with Crippen LogP contribution in [-0.4, -0.2) is 21.6 Å². The lowest BCUT2D eigenvalue weighted by atomic mass is 10.0. The molecule has 7 nitrogen and oxygen atoms in total. The molecular weight excluding hydrogens is 404 g/mol. The van der Waals surface area contributed by atoms with Gasteiger partial charge in [0.1, 0.15) is 28.7 Å². The van der Waals surface area contributed by atoms with Gasteiger partial charge in [-0.3, -0.25) is 9.59 Å². The van der Waals surface area contributed by atoms with Crippen molar-refractivity contribution in [3.63, 3.8) is 0 Å². The number of benzene rings is 2. The van der Waals surface area contributed by atoms with E-state index in [-0.39, 0.29) is 40.8 Å². The van der Waals surface area contributed by atoms with Gasteiger partial charge in [-0.2, -0.15) is 5.10 Å². The first-order valence-corrected chi connectivity index (χ1v) is 9.61. The van der Waals surface area contributed by atoms with Gasteiger partial charge in [-0.05, 0) is 44.5 Å². The number of nitrogen functional groups attached to an aromatic ring is 1. The van der Waals surface area contributed by atoms with Crippen LogP contribution in [0.25, 0.3) is 11.3 Å². The van der Waals surface area contributed by atoms with Gasteiger partial charge >= 0.3 is 0 Å². The Labute approximate surface area is 178 Å². The maximum atomic E-state index is 14.7. The summed E-state index contributed by atoms with van der Waals surface area (Å²) in [5.41, 5.74) is 13.0. The van der Waals surface area contributed by atoms with Gasteiger partial charge in [-0.15, -0.1) is 0 Å². The van der Waals surface area contributed by atoms with Crippen LogP contribution in [0.5, 0.6) is 0 Å². The number of carbonyl (C=O) groups is 2. The maximum absolute atomic E-state index is 14.7. The number of rotatable bonds is 6. The molecule has 0 bridgehead atoms. The summed E-state index contributed by atoms with van der Waals surface area (Å²) in [5, 5.41) is 6.90. The molecule has 162 valence electrons. The van der Waals surface area contributed by atoms with E-state index in [0.29, 0.717) is 11.1 Å². The molecule has 5 N–H and O–H groups in total. The fourth-order valence-electron chi connectivity index (χ4n) is 3.23. The van der Waals surface area contributed by atoms with Gasteiger partial charge in [0.2, 0.25) is 0 Å². The van der Waals surface area contributed by atoms with E-state index in [4.69, 9.17) is 11.5 Å². The Bertz CT molecular complexity index is 1170. The normalized spacial score (nSPS) is 11.0. The third kappa shape index (κ3) is 4.40. The van der Waals surface area contributed by atoms with Gasteiger partial charge in [0.25, 0.3) is 11.8 Å². The number of halogens is 2. The third-order valence-corrected chi connectivity index (χ3v) is 4.89. The number of hydrogen-bond acceptors (Lipinski definition) is 4. The van der Waals surface area contributed by atoms with Crippen molar-refractivity contribution in [2.75, 3.05) is 5.73 Å². The predicted molar refractivity (Wildman–Crippen MR) is 113 cm³/mol. The van der Waals surface area contributed by atoms with Crippen molar-refractivity contribution in [2.24, 2.45) is 5.73 Å². The Balaban J connectivity index is 1.86. The summed E-state index contributed by atoms with van der Waals surface area (Å²) >= 11 is 0. The number of nitrogens with zero attached hydrogens (tertiary/aromatic N) is 2. The highest BCUT2D eigenvalue weighted by Crippen LogP contribution is 2.30. The summed E-state index contributed by atoms with van der Waals surface area (Å²) in [7, 11) is 0. The first-order chi connectivity index (χ1) is 14.6. The van der Waals surface area contributed by atoms with Crippen LogP contribution in [0.15, 0.2) is 36.4 Å². The van der Waals surface area contributed by atoms with E-state index in [9.17, 15) is 18.4 Å². The van der Waals surface area contributed by atoms with Crippen LogP contribution in [-0.2, 0) is 6.54 Å². The molecule has 0 unspecified atom stereocenters. The van der Waals surface area contributed by atoms with Crippen LogP contribution >= 0.6 is 0 Å². The van der Waals surface area contributed by atoms with Gasteiger partial charge in [0.05, 0.1) is 0 Å². The van der Waals surface area contributed by atoms with Crippen molar-refractivity contribution < 1.29 is 18.4 Å². The highest BCUT2D eigenvalue weighted by atomic mass is 19.1. The molecule has 0 saturated heterocycles. The van der Waals surface area contributed by atoms with E-state index in [2.05, 4.69) is 10.4 Å². The summed E-state index contributed by atoms with van der Waals surface area (Å²) in [4.78, 5) is 24.2. The standard InChI is InChI=1S/C22H23F2N5O2/c1-11(2)29-20(25)18(21(26)30)19(28-29)13-5-6-14(17(24)8-13)10-27-22(31)16-9-15(23)7-4-12(16)3/h4-9,11H,10,25H2,1-3H3,(H2,26,30)(H,27,31). The van der Waals surface area contributed by atoms with Crippen molar-refractivity contribution >= 4 is 17.6 Å². The minimum absolute atomic E-state index is 0.0238. The summed E-state index contributed by atoms with van der Waals surface area (Å²) in [6.07, 6.45) is 0. The number of nitrogens with two attached hydrogens (primary N) is 2. The molecule has 2 amide bonds. The van der Waals surface area contributed by atoms with Gasteiger partial charge in [-0.1, -0.05) is 18.2 Å². The SMILES string of the molecule is Cc1ccc(F)cc1C(=O)NCc1ccc(-c2nn(C(C)C)c(N)c2C(N)=O)cc1F. The Kier molecular flexibility index (Phi) is 6.05. The summed E-state index contributed by atoms with van der Waals surface area (Å²) in [5.74, 6) is -2.31. The van der Waals surface area contributed by atoms with E-state index in [1.807, 2.05) is 13.8 Å². The molecule has 2 aromatic carbocycles. The Morgan fingerprint density at radius 3 is 2.48 bits per heavy atom.